The lowest BCUT2D eigenvalue weighted by Gasteiger charge is -2.02. The van der Waals surface area contributed by atoms with E-state index in [1.807, 2.05) is 109 Å². The van der Waals surface area contributed by atoms with Gasteiger partial charge in [0.15, 0.2) is 0 Å². The van der Waals surface area contributed by atoms with Crippen molar-refractivity contribution in [3.8, 4) is 0 Å². The molecule has 0 aromatic heterocycles. The Kier molecular flexibility index (Phi) is 8.82. The van der Waals surface area contributed by atoms with E-state index in [0.717, 1.165) is 22.3 Å². The van der Waals surface area contributed by atoms with Gasteiger partial charge in [-0.15, -0.1) is 0 Å². The molecule has 6 nitrogen and oxygen atoms in total. The second-order valence-electron chi connectivity index (χ2n) is 7.63. The van der Waals surface area contributed by atoms with E-state index < -0.39 is 0 Å². The van der Waals surface area contributed by atoms with Crippen LogP contribution in [0.5, 0.6) is 0 Å². The zero-order valence-electron chi connectivity index (χ0n) is 19.0. The average Bonchev–Trinajstić information content (AvgIpc) is 2.87. The Hall–Kier alpha value is -4.58. The van der Waals surface area contributed by atoms with E-state index in [-0.39, 0.29) is 0 Å². The van der Waals surface area contributed by atoms with Crippen LogP contribution >= 0.6 is 0 Å². The lowest BCUT2D eigenvalue weighted by molar-refractivity contribution is 1.06. The SMILES string of the molecule is NC(=NCc1ccccc1)c1cccc(N)c1.NC(=NCc1ccccc1)c1cccc(N)c1. The number of nitrogen functional groups attached to an aromatic ring is 2. The maximum atomic E-state index is 5.91. The van der Waals surface area contributed by atoms with Gasteiger partial charge in [0.05, 0.1) is 13.1 Å². The molecule has 0 saturated carbocycles. The van der Waals surface area contributed by atoms with Crippen molar-refractivity contribution in [1.82, 2.24) is 0 Å². The second kappa shape index (κ2) is 12.5. The van der Waals surface area contributed by atoms with Crippen molar-refractivity contribution in [2.45, 2.75) is 13.1 Å². The molecule has 0 saturated heterocycles. The Morgan fingerprint density at radius 1 is 0.500 bits per heavy atom. The van der Waals surface area contributed by atoms with Gasteiger partial charge in [0.25, 0.3) is 0 Å². The molecule has 0 aliphatic heterocycles. The summed E-state index contributed by atoms with van der Waals surface area (Å²) in [5, 5.41) is 0. The van der Waals surface area contributed by atoms with Crippen LogP contribution in [0.2, 0.25) is 0 Å². The van der Waals surface area contributed by atoms with Crippen molar-refractivity contribution in [2.75, 3.05) is 11.5 Å². The predicted molar refractivity (Wildman–Crippen MR) is 143 cm³/mol. The monoisotopic (exact) mass is 450 g/mol. The fourth-order valence-electron chi connectivity index (χ4n) is 3.10. The van der Waals surface area contributed by atoms with Crippen molar-refractivity contribution in [3.05, 3.63) is 131 Å². The molecular formula is C28H30N6. The highest BCUT2D eigenvalue weighted by molar-refractivity contribution is 5.98. The smallest absolute Gasteiger partial charge is 0.126 e. The molecule has 0 spiro atoms. The van der Waals surface area contributed by atoms with Crippen LogP contribution in [0, 0.1) is 0 Å². The van der Waals surface area contributed by atoms with Gasteiger partial charge in [0, 0.05) is 22.5 Å². The number of nitrogens with two attached hydrogens (primary N) is 4. The lowest BCUT2D eigenvalue weighted by Crippen LogP contribution is -2.13. The van der Waals surface area contributed by atoms with Crippen LogP contribution in [0.25, 0.3) is 0 Å². The fourth-order valence-corrected chi connectivity index (χ4v) is 3.10. The minimum Gasteiger partial charge on any atom is -0.399 e. The molecule has 0 bridgehead atoms. The van der Waals surface area contributed by atoms with Crippen LogP contribution in [0.1, 0.15) is 22.3 Å². The Morgan fingerprint density at radius 2 is 0.882 bits per heavy atom. The van der Waals surface area contributed by atoms with Crippen molar-refractivity contribution in [2.24, 2.45) is 21.5 Å². The number of anilines is 2. The number of aliphatic imine (C=N–C) groups is 2. The maximum absolute atomic E-state index is 5.91. The summed E-state index contributed by atoms with van der Waals surface area (Å²) in [6.45, 7) is 1.17. The van der Waals surface area contributed by atoms with Gasteiger partial charge < -0.3 is 22.9 Å². The molecule has 8 N–H and O–H groups in total. The van der Waals surface area contributed by atoms with Gasteiger partial charge in [-0.3, -0.25) is 9.98 Å². The van der Waals surface area contributed by atoms with E-state index in [4.69, 9.17) is 22.9 Å². The summed E-state index contributed by atoms with van der Waals surface area (Å²) in [6.07, 6.45) is 0. The number of amidine groups is 2. The predicted octanol–water partition coefficient (Wildman–Crippen LogP) is 4.35. The van der Waals surface area contributed by atoms with E-state index >= 15 is 0 Å². The molecule has 172 valence electrons. The van der Waals surface area contributed by atoms with Crippen LogP contribution in [0.4, 0.5) is 11.4 Å². The highest BCUT2D eigenvalue weighted by Crippen LogP contribution is 2.08. The molecule has 34 heavy (non-hydrogen) atoms. The minimum absolute atomic E-state index is 0.515. The topological polar surface area (TPSA) is 129 Å². The molecule has 4 aromatic rings. The first kappa shape index (κ1) is 24.1. The molecule has 0 radical (unpaired) electrons. The van der Waals surface area contributed by atoms with Crippen LogP contribution in [-0.4, -0.2) is 11.7 Å². The summed E-state index contributed by atoms with van der Waals surface area (Å²) in [5.41, 5.74) is 28.6. The number of benzene rings is 4. The highest BCUT2D eigenvalue weighted by Gasteiger charge is 1.99. The molecule has 4 rings (SSSR count). The highest BCUT2D eigenvalue weighted by atomic mass is 14.9. The van der Waals surface area contributed by atoms with Crippen LogP contribution in [0.3, 0.4) is 0 Å². The van der Waals surface area contributed by atoms with Crippen molar-refractivity contribution < 1.29 is 0 Å². The molecule has 0 aliphatic carbocycles. The van der Waals surface area contributed by atoms with Gasteiger partial charge in [-0.2, -0.15) is 0 Å². The minimum atomic E-state index is 0.515. The summed E-state index contributed by atoms with van der Waals surface area (Å²) >= 11 is 0. The number of hydrogen-bond donors (Lipinski definition) is 4. The van der Waals surface area contributed by atoms with E-state index in [9.17, 15) is 0 Å². The van der Waals surface area contributed by atoms with Crippen LogP contribution in [-0.2, 0) is 13.1 Å². The third kappa shape index (κ3) is 7.84. The Bertz CT molecular complexity index is 1140. The van der Waals surface area contributed by atoms with E-state index in [1.54, 1.807) is 0 Å². The Labute approximate surface area is 200 Å². The molecule has 4 aromatic carbocycles. The van der Waals surface area contributed by atoms with Gasteiger partial charge in [0.1, 0.15) is 11.7 Å². The fraction of sp³-hybridized carbons (Fsp3) is 0.0714. The molecule has 0 atom stereocenters. The summed E-state index contributed by atoms with van der Waals surface area (Å²) < 4.78 is 0. The Balaban J connectivity index is 0.000000191. The van der Waals surface area contributed by atoms with Crippen LogP contribution in [0.15, 0.2) is 119 Å². The van der Waals surface area contributed by atoms with Gasteiger partial charge >= 0.3 is 0 Å². The average molecular weight is 451 g/mol. The number of hydrogen-bond acceptors (Lipinski definition) is 4. The first-order chi connectivity index (χ1) is 16.5. The summed E-state index contributed by atoms with van der Waals surface area (Å²) in [7, 11) is 0. The van der Waals surface area contributed by atoms with E-state index in [1.165, 1.54) is 0 Å². The van der Waals surface area contributed by atoms with E-state index in [2.05, 4.69) is 9.98 Å². The number of nitrogens with zero attached hydrogens (tertiary/aromatic N) is 2. The van der Waals surface area contributed by atoms with Gasteiger partial charge in [-0.1, -0.05) is 84.9 Å². The molecule has 0 fully saturated rings. The third-order valence-corrected chi connectivity index (χ3v) is 4.91. The summed E-state index contributed by atoms with van der Waals surface area (Å²) in [4.78, 5) is 8.69. The van der Waals surface area contributed by atoms with Crippen LogP contribution < -0.4 is 22.9 Å². The molecular weight excluding hydrogens is 420 g/mol. The normalized spacial score (nSPS) is 11.4. The summed E-state index contributed by atoms with van der Waals surface area (Å²) in [6, 6.07) is 34.9. The van der Waals surface area contributed by atoms with Gasteiger partial charge in [-0.25, -0.2) is 0 Å². The van der Waals surface area contributed by atoms with E-state index in [0.29, 0.717) is 36.1 Å². The molecule has 0 heterocycles. The second-order valence-corrected chi connectivity index (χ2v) is 7.63. The molecule has 0 unspecified atom stereocenters. The summed E-state index contributed by atoms with van der Waals surface area (Å²) in [5.74, 6) is 1.03. The zero-order chi connectivity index (χ0) is 24.2. The lowest BCUT2D eigenvalue weighted by atomic mass is 10.2. The number of rotatable bonds is 6. The quantitative estimate of drug-likeness (QED) is 0.198. The van der Waals surface area contributed by atoms with Gasteiger partial charge in [-0.05, 0) is 35.4 Å². The Morgan fingerprint density at radius 3 is 1.24 bits per heavy atom. The third-order valence-electron chi connectivity index (χ3n) is 4.91. The largest absolute Gasteiger partial charge is 0.399 e. The van der Waals surface area contributed by atoms with Crippen molar-refractivity contribution in [3.63, 3.8) is 0 Å². The van der Waals surface area contributed by atoms with Crippen molar-refractivity contribution >= 4 is 23.0 Å². The van der Waals surface area contributed by atoms with Gasteiger partial charge in [0.2, 0.25) is 0 Å². The van der Waals surface area contributed by atoms with Crippen molar-refractivity contribution in [1.29, 1.82) is 0 Å². The first-order valence-corrected chi connectivity index (χ1v) is 10.9. The molecule has 0 aliphatic rings. The first-order valence-electron chi connectivity index (χ1n) is 10.9. The molecule has 0 amide bonds. The zero-order valence-corrected chi connectivity index (χ0v) is 19.0. The molecule has 6 heteroatoms. The maximum Gasteiger partial charge on any atom is 0.126 e. The standard InChI is InChI=1S/2C14H15N3/c2*15-13-8-4-7-12(9-13)14(16)17-10-11-5-2-1-3-6-11/h2*1-9H,10,15H2,(H2,16,17).